The molecule has 1 unspecified atom stereocenters. The van der Waals surface area contributed by atoms with E-state index in [0.29, 0.717) is 6.04 Å². The number of hydrogen-bond acceptors (Lipinski definition) is 1. The maximum absolute atomic E-state index is 6.21. The average Bonchev–Trinajstić information content (AvgIpc) is 2.35. The van der Waals surface area contributed by atoms with Crippen molar-refractivity contribution in [1.82, 2.24) is 0 Å². The lowest BCUT2D eigenvalue weighted by atomic mass is 10.1. The maximum atomic E-state index is 6.21. The molecule has 0 saturated carbocycles. The molecule has 94 valence electrons. The van der Waals surface area contributed by atoms with Crippen LogP contribution in [0.2, 0.25) is 5.02 Å². The molecule has 0 aliphatic rings. The first-order valence-corrected chi connectivity index (χ1v) is 6.60. The minimum absolute atomic E-state index is 0.353. The van der Waals surface area contributed by atoms with E-state index < -0.39 is 0 Å². The van der Waals surface area contributed by atoms with Gasteiger partial charge < -0.3 is 5.32 Å². The standard InChI is InChI=1S/C16H18ClN/c1-12-7-6-10-15(17)16(12)18-13(2)11-14-8-4-3-5-9-14/h3-10,13,18H,11H2,1-2H3. The summed E-state index contributed by atoms with van der Waals surface area (Å²) in [4.78, 5) is 0. The molecule has 0 aliphatic heterocycles. The number of para-hydroxylation sites is 1. The van der Waals surface area contributed by atoms with Crippen LogP contribution < -0.4 is 5.32 Å². The topological polar surface area (TPSA) is 12.0 Å². The molecule has 1 N–H and O–H groups in total. The van der Waals surface area contributed by atoms with E-state index in [1.165, 1.54) is 11.1 Å². The monoisotopic (exact) mass is 259 g/mol. The van der Waals surface area contributed by atoms with Gasteiger partial charge >= 0.3 is 0 Å². The number of halogens is 1. The van der Waals surface area contributed by atoms with Crippen molar-refractivity contribution in [2.75, 3.05) is 5.32 Å². The Kier molecular flexibility index (Phi) is 4.27. The fraction of sp³-hybridized carbons (Fsp3) is 0.250. The van der Waals surface area contributed by atoms with E-state index >= 15 is 0 Å². The van der Waals surface area contributed by atoms with Gasteiger partial charge in [0.05, 0.1) is 10.7 Å². The smallest absolute Gasteiger partial charge is 0.0640 e. The minimum Gasteiger partial charge on any atom is -0.381 e. The lowest BCUT2D eigenvalue weighted by Crippen LogP contribution is -2.18. The summed E-state index contributed by atoms with van der Waals surface area (Å²) in [5.41, 5.74) is 3.56. The van der Waals surface area contributed by atoms with Crippen LogP contribution in [-0.4, -0.2) is 6.04 Å². The van der Waals surface area contributed by atoms with Gasteiger partial charge in [-0.15, -0.1) is 0 Å². The van der Waals surface area contributed by atoms with Gasteiger partial charge in [0.25, 0.3) is 0 Å². The second kappa shape index (κ2) is 5.92. The molecule has 1 nitrogen and oxygen atoms in total. The van der Waals surface area contributed by atoms with Crippen molar-refractivity contribution in [2.24, 2.45) is 0 Å². The molecule has 18 heavy (non-hydrogen) atoms. The SMILES string of the molecule is Cc1cccc(Cl)c1NC(C)Cc1ccccc1. The molecule has 0 fully saturated rings. The number of hydrogen-bond donors (Lipinski definition) is 1. The van der Waals surface area contributed by atoms with Crippen LogP contribution in [-0.2, 0) is 6.42 Å². The fourth-order valence-corrected chi connectivity index (χ4v) is 2.36. The molecule has 0 radical (unpaired) electrons. The van der Waals surface area contributed by atoms with Gasteiger partial charge in [-0.2, -0.15) is 0 Å². The van der Waals surface area contributed by atoms with Gasteiger partial charge in [0.15, 0.2) is 0 Å². The molecule has 0 aromatic heterocycles. The summed E-state index contributed by atoms with van der Waals surface area (Å²) in [6.45, 7) is 4.25. The van der Waals surface area contributed by atoms with E-state index in [2.05, 4.69) is 49.5 Å². The van der Waals surface area contributed by atoms with Crippen molar-refractivity contribution < 1.29 is 0 Å². The predicted octanol–water partition coefficient (Wildman–Crippen LogP) is 4.69. The Balaban J connectivity index is 2.06. The molecule has 0 saturated heterocycles. The molecule has 0 heterocycles. The highest BCUT2D eigenvalue weighted by Gasteiger charge is 2.08. The second-order valence-electron chi connectivity index (χ2n) is 4.67. The third kappa shape index (κ3) is 3.27. The van der Waals surface area contributed by atoms with Crippen molar-refractivity contribution >= 4 is 17.3 Å². The normalized spacial score (nSPS) is 12.2. The molecule has 2 aromatic carbocycles. The van der Waals surface area contributed by atoms with Gasteiger partial charge in [-0.05, 0) is 37.5 Å². The summed E-state index contributed by atoms with van der Waals surface area (Å²) in [5.74, 6) is 0. The molecule has 0 amide bonds. The number of nitrogens with one attached hydrogen (secondary N) is 1. The van der Waals surface area contributed by atoms with E-state index in [9.17, 15) is 0 Å². The van der Waals surface area contributed by atoms with Gasteiger partial charge in [0, 0.05) is 6.04 Å². The lowest BCUT2D eigenvalue weighted by molar-refractivity contribution is 0.789. The molecule has 0 bridgehead atoms. The second-order valence-corrected chi connectivity index (χ2v) is 5.07. The summed E-state index contributed by atoms with van der Waals surface area (Å²) in [6.07, 6.45) is 0.992. The highest BCUT2D eigenvalue weighted by atomic mass is 35.5. The van der Waals surface area contributed by atoms with Crippen molar-refractivity contribution in [3.63, 3.8) is 0 Å². The van der Waals surface area contributed by atoms with Crippen LogP contribution in [0.15, 0.2) is 48.5 Å². The zero-order valence-corrected chi connectivity index (χ0v) is 11.5. The van der Waals surface area contributed by atoms with Crippen LogP contribution in [0.3, 0.4) is 0 Å². The molecule has 2 aromatic rings. The van der Waals surface area contributed by atoms with Gasteiger partial charge in [0.2, 0.25) is 0 Å². The Labute approximate surface area is 114 Å². The van der Waals surface area contributed by atoms with Crippen LogP contribution in [0.5, 0.6) is 0 Å². The van der Waals surface area contributed by atoms with Crippen LogP contribution in [0.4, 0.5) is 5.69 Å². The summed E-state index contributed by atoms with van der Waals surface area (Å²) in [6, 6.07) is 16.8. The Hall–Kier alpha value is -1.47. The first-order valence-electron chi connectivity index (χ1n) is 6.22. The minimum atomic E-state index is 0.353. The Bertz CT molecular complexity index is 488. The third-order valence-corrected chi connectivity index (χ3v) is 3.31. The zero-order valence-electron chi connectivity index (χ0n) is 10.8. The van der Waals surface area contributed by atoms with Crippen molar-refractivity contribution in [2.45, 2.75) is 26.3 Å². The van der Waals surface area contributed by atoms with E-state index in [1.54, 1.807) is 0 Å². The van der Waals surface area contributed by atoms with Gasteiger partial charge in [0.1, 0.15) is 0 Å². The highest BCUT2D eigenvalue weighted by molar-refractivity contribution is 6.33. The van der Waals surface area contributed by atoms with Crippen LogP contribution >= 0.6 is 11.6 Å². The van der Waals surface area contributed by atoms with E-state index in [-0.39, 0.29) is 0 Å². The van der Waals surface area contributed by atoms with E-state index in [0.717, 1.165) is 17.1 Å². The first kappa shape index (κ1) is 13.0. The summed E-state index contributed by atoms with van der Waals surface area (Å²) in [5, 5.41) is 4.28. The Morgan fingerprint density at radius 3 is 2.44 bits per heavy atom. The molecule has 2 heteroatoms. The Morgan fingerprint density at radius 1 is 1.06 bits per heavy atom. The van der Waals surface area contributed by atoms with Crippen LogP contribution in [0, 0.1) is 6.92 Å². The third-order valence-electron chi connectivity index (χ3n) is 3.00. The highest BCUT2D eigenvalue weighted by Crippen LogP contribution is 2.26. The van der Waals surface area contributed by atoms with Crippen molar-refractivity contribution in [3.05, 3.63) is 64.7 Å². The summed E-state index contributed by atoms with van der Waals surface area (Å²) < 4.78 is 0. The predicted molar refractivity (Wildman–Crippen MR) is 79.4 cm³/mol. The fourth-order valence-electron chi connectivity index (χ4n) is 2.08. The van der Waals surface area contributed by atoms with Crippen molar-refractivity contribution in [3.8, 4) is 0 Å². The molecule has 2 rings (SSSR count). The zero-order chi connectivity index (χ0) is 13.0. The first-order chi connectivity index (χ1) is 8.66. The molecule has 0 aliphatic carbocycles. The average molecular weight is 260 g/mol. The van der Waals surface area contributed by atoms with Gasteiger partial charge in [-0.3, -0.25) is 0 Å². The number of anilines is 1. The lowest BCUT2D eigenvalue weighted by Gasteiger charge is -2.18. The number of rotatable bonds is 4. The van der Waals surface area contributed by atoms with Crippen LogP contribution in [0.25, 0.3) is 0 Å². The Morgan fingerprint density at radius 2 is 1.78 bits per heavy atom. The summed E-state index contributed by atoms with van der Waals surface area (Å²) in [7, 11) is 0. The number of benzene rings is 2. The van der Waals surface area contributed by atoms with Gasteiger partial charge in [-0.25, -0.2) is 0 Å². The maximum Gasteiger partial charge on any atom is 0.0640 e. The van der Waals surface area contributed by atoms with Gasteiger partial charge in [-0.1, -0.05) is 54.1 Å². The van der Waals surface area contributed by atoms with Crippen LogP contribution in [0.1, 0.15) is 18.1 Å². The largest absolute Gasteiger partial charge is 0.381 e. The quantitative estimate of drug-likeness (QED) is 0.840. The molecular formula is C16H18ClN. The van der Waals surface area contributed by atoms with E-state index in [1.807, 2.05) is 18.2 Å². The molecule has 0 spiro atoms. The summed E-state index contributed by atoms with van der Waals surface area (Å²) >= 11 is 6.21. The van der Waals surface area contributed by atoms with E-state index in [4.69, 9.17) is 11.6 Å². The van der Waals surface area contributed by atoms with Crippen molar-refractivity contribution in [1.29, 1.82) is 0 Å². The molecular weight excluding hydrogens is 242 g/mol. The number of aryl methyl sites for hydroxylation is 1. The molecule has 1 atom stereocenters.